The molecule has 3 nitrogen and oxygen atoms in total. The number of hydrogen-bond donors (Lipinski definition) is 0. The van der Waals surface area contributed by atoms with E-state index >= 15 is 0 Å². The van der Waals surface area contributed by atoms with Gasteiger partial charge in [0.05, 0.1) is 11.6 Å². The van der Waals surface area contributed by atoms with Crippen LogP contribution in [0.25, 0.3) is 22.5 Å². The summed E-state index contributed by atoms with van der Waals surface area (Å²) in [7, 11) is 0. The number of benzene rings is 2. The first kappa shape index (κ1) is 12.9. The van der Waals surface area contributed by atoms with E-state index in [0.717, 1.165) is 16.7 Å². The quantitative estimate of drug-likeness (QED) is 0.668. The Hall–Kier alpha value is -3.12. The average molecular weight is 273 g/mol. The molecule has 0 saturated carbocycles. The molecular formula is C18H11NO2. The van der Waals surface area contributed by atoms with E-state index in [2.05, 4.69) is 6.07 Å². The Morgan fingerprint density at radius 2 is 1.76 bits per heavy atom. The second-order valence-electron chi connectivity index (χ2n) is 4.56. The minimum absolute atomic E-state index is 0.297. The van der Waals surface area contributed by atoms with Crippen molar-refractivity contribution in [2.24, 2.45) is 0 Å². The maximum atomic E-state index is 10.8. The van der Waals surface area contributed by atoms with Crippen molar-refractivity contribution < 1.29 is 9.21 Å². The van der Waals surface area contributed by atoms with Gasteiger partial charge in [0.2, 0.25) is 0 Å². The molecule has 0 unspecified atom stereocenters. The molecule has 1 aromatic heterocycles. The molecule has 0 radical (unpaired) electrons. The van der Waals surface area contributed by atoms with Crippen molar-refractivity contribution in [1.82, 2.24) is 0 Å². The molecule has 3 rings (SSSR count). The summed E-state index contributed by atoms with van der Waals surface area (Å²) in [5.41, 5.74) is 3.39. The molecule has 0 atom stereocenters. The lowest BCUT2D eigenvalue weighted by atomic mass is 9.97. The first-order valence-corrected chi connectivity index (χ1v) is 6.47. The smallest absolute Gasteiger partial charge is 0.185 e. The Morgan fingerprint density at radius 1 is 0.952 bits per heavy atom. The third-order valence-electron chi connectivity index (χ3n) is 3.24. The second kappa shape index (κ2) is 5.48. The number of hydrogen-bond acceptors (Lipinski definition) is 3. The van der Waals surface area contributed by atoms with Gasteiger partial charge in [-0.25, -0.2) is 0 Å². The Labute approximate surface area is 122 Å². The van der Waals surface area contributed by atoms with Gasteiger partial charge in [-0.1, -0.05) is 36.4 Å². The van der Waals surface area contributed by atoms with Crippen molar-refractivity contribution in [2.45, 2.75) is 0 Å². The van der Waals surface area contributed by atoms with Crippen LogP contribution in [-0.2, 0) is 0 Å². The van der Waals surface area contributed by atoms with Crippen molar-refractivity contribution in [2.75, 3.05) is 0 Å². The van der Waals surface area contributed by atoms with Crippen molar-refractivity contribution in [3.8, 4) is 28.5 Å². The minimum Gasteiger partial charge on any atom is -0.453 e. The number of carbonyl (C=O) groups excluding carboxylic acids is 1. The van der Waals surface area contributed by atoms with E-state index < -0.39 is 0 Å². The van der Waals surface area contributed by atoms with E-state index in [0.29, 0.717) is 23.4 Å². The first-order chi connectivity index (χ1) is 10.3. The molecule has 2 aromatic carbocycles. The molecule has 3 aromatic rings. The van der Waals surface area contributed by atoms with Crippen LogP contribution in [0.3, 0.4) is 0 Å². The molecule has 0 aliphatic heterocycles. The molecule has 0 saturated heterocycles. The third-order valence-corrected chi connectivity index (χ3v) is 3.24. The van der Waals surface area contributed by atoms with Crippen LogP contribution in [0.2, 0.25) is 0 Å². The van der Waals surface area contributed by atoms with Crippen molar-refractivity contribution in [1.29, 1.82) is 5.26 Å². The highest BCUT2D eigenvalue weighted by atomic mass is 16.3. The topological polar surface area (TPSA) is 54.0 Å². The van der Waals surface area contributed by atoms with Crippen LogP contribution in [0.1, 0.15) is 16.1 Å². The van der Waals surface area contributed by atoms with Crippen LogP contribution in [0.4, 0.5) is 0 Å². The van der Waals surface area contributed by atoms with Gasteiger partial charge in [0.1, 0.15) is 5.76 Å². The van der Waals surface area contributed by atoms with E-state index in [1.807, 2.05) is 42.5 Å². The largest absolute Gasteiger partial charge is 0.453 e. The molecule has 0 spiro atoms. The Balaban J connectivity index is 2.15. The fourth-order valence-electron chi connectivity index (χ4n) is 2.27. The predicted octanol–water partition coefficient (Wildman–Crippen LogP) is 4.30. The van der Waals surface area contributed by atoms with Gasteiger partial charge in [0, 0.05) is 5.56 Å². The van der Waals surface area contributed by atoms with Crippen LogP contribution >= 0.6 is 0 Å². The molecule has 3 heteroatoms. The van der Waals surface area contributed by atoms with Gasteiger partial charge in [-0.2, -0.15) is 5.26 Å². The zero-order valence-corrected chi connectivity index (χ0v) is 11.1. The summed E-state index contributed by atoms with van der Waals surface area (Å²) in [6.07, 6.45) is 0.683. The average Bonchev–Trinajstić information content (AvgIpc) is 3.04. The molecular weight excluding hydrogens is 262 g/mol. The maximum absolute atomic E-state index is 10.8. The highest BCUT2D eigenvalue weighted by Gasteiger charge is 2.11. The number of nitrogens with zero attached hydrogens (tertiary/aromatic N) is 1. The summed E-state index contributed by atoms with van der Waals surface area (Å²) in [4.78, 5) is 10.8. The molecule has 0 amide bonds. The fraction of sp³-hybridized carbons (Fsp3) is 0. The van der Waals surface area contributed by atoms with Gasteiger partial charge < -0.3 is 4.42 Å². The lowest BCUT2D eigenvalue weighted by molar-refractivity contribution is 0.110. The SMILES string of the molecule is N#Cc1cccc(-c2ccccc2-c2ccc(C=O)o2)c1. The van der Waals surface area contributed by atoms with E-state index in [1.54, 1.807) is 18.2 Å². The third kappa shape index (κ3) is 2.47. The molecule has 0 bridgehead atoms. The lowest BCUT2D eigenvalue weighted by Crippen LogP contribution is -1.84. The van der Waals surface area contributed by atoms with Crippen LogP contribution in [0.5, 0.6) is 0 Å². The summed E-state index contributed by atoms with van der Waals surface area (Å²) in [5, 5.41) is 9.02. The molecule has 1 heterocycles. The van der Waals surface area contributed by atoms with Crippen LogP contribution in [-0.4, -0.2) is 6.29 Å². The van der Waals surface area contributed by atoms with E-state index in [9.17, 15) is 4.79 Å². The van der Waals surface area contributed by atoms with Crippen molar-refractivity contribution in [3.63, 3.8) is 0 Å². The predicted molar refractivity (Wildman–Crippen MR) is 79.7 cm³/mol. The summed E-state index contributed by atoms with van der Waals surface area (Å²) in [6.45, 7) is 0. The number of carbonyl (C=O) groups is 1. The van der Waals surface area contributed by atoms with Gasteiger partial charge in [-0.15, -0.1) is 0 Å². The van der Waals surface area contributed by atoms with Crippen LogP contribution in [0.15, 0.2) is 65.1 Å². The Bertz CT molecular complexity index is 840. The van der Waals surface area contributed by atoms with Gasteiger partial charge >= 0.3 is 0 Å². The van der Waals surface area contributed by atoms with Gasteiger partial charge in [-0.3, -0.25) is 4.79 Å². The number of furan rings is 1. The first-order valence-electron chi connectivity index (χ1n) is 6.47. The monoisotopic (exact) mass is 273 g/mol. The number of aldehydes is 1. The maximum Gasteiger partial charge on any atom is 0.185 e. The van der Waals surface area contributed by atoms with Gasteiger partial charge in [-0.05, 0) is 35.4 Å². The van der Waals surface area contributed by atoms with Crippen molar-refractivity contribution >= 4 is 6.29 Å². The zero-order valence-electron chi connectivity index (χ0n) is 11.1. The number of nitriles is 1. The summed E-state index contributed by atoms with van der Waals surface area (Å²) >= 11 is 0. The highest BCUT2D eigenvalue weighted by Crippen LogP contribution is 2.33. The summed E-state index contributed by atoms with van der Waals surface area (Å²) in [6, 6.07) is 20.7. The molecule has 0 aliphatic rings. The van der Waals surface area contributed by atoms with E-state index in [1.165, 1.54) is 0 Å². The molecule has 100 valence electrons. The van der Waals surface area contributed by atoms with Gasteiger partial charge in [0.25, 0.3) is 0 Å². The zero-order chi connectivity index (χ0) is 14.7. The minimum atomic E-state index is 0.297. The summed E-state index contributed by atoms with van der Waals surface area (Å²) < 4.78 is 5.50. The van der Waals surface area contributed by atoms with E-state index in [-0.39, 0.29) is 0 Å². The van der Waals surface area contributed by atoms with Crippen LogP contribution < -0.4 is 0 Å². The molecule has 0 N–H and O–H groups in total. The van der Waals surface area contributed by atoms with Gasteiger partial charge in [0.15, 0.2) is 12.0 Å². The highest BCUT2D eigenvalue weighted by molar-refractivity contribution is 5.83. The fourth-order valence-corrected chi connectivity index (χ4v) is 2.27. The Morgan fingerprint density at radius 3 is 2.48 bits per heavy atom. The number of rotatable bonds is 3. The van der Waals surface area contributed by atoms with Crippen molar-refractivity contribution in [3.05, 3.63) is 72.0 Å². The lowest BCUT2D eigenvalue weighted by Gasteiger charge is -2.08. The second-order valence-corrected chi connectivity index (χ2v) is 4.56. The summed E-state index contributed by atoms with van der Waals surface area (Å²) in [5.74, 6) is 0.931. The van der Waals surface area contributed by atoms with E-state index in [4.69, 9.17) is 9.68 Å². The van der Waals surface area contributed by atoms with Crippen LogP contribution in [0, 0.1) is 11.3 Å². The standard InChI is InChI=1S/C18H11NO2/c19-11-13-4-3-5-14(10-13)16-6-1-2-7-17(16)18-9-8-15(12-20)21-18/h1-10,12H. The molecule has 0 fully saturated rings. The normalized spacial score (nSPS) is 10.0. The molecule has 21 heavy (non-hydrogen) atoms. The molecule has 0 aliphatic carbocycles. The Kier molecular flexibility index (Phi) is 3.36.